The summed E-state index contributed by atoms with van der Waals surface area (Å²) in [4.78, 5) is 48.8. The molecular formula is C21H24N2O8S. The molecule has 2 amide bonds. The largest absolute Gasteiger partial charge is 0.497 e. The molecule has 0 unspecified atom stereocenters. The lowest BCUT2D eigenvalue weighted by atomic mass is 10.1. The van der Waals surface area contributed by atoms with Gasteiger partial charge in [0.1, 0.15) is 16.5 Å². The summed E-state index contributed by atoms with van der Waals surface area (Å²) in [6.45, 7) is 2.36. The Balaban J connectivity index is 1.96. The number of ether oxygens (including phenoxy) is 4. The number of benzene rings is 1. The standard InChI is InChI=1S/C21H24N2O8S/c1-5-29-21(27)17-12(2)18(19(26)22-3)32-20(17)23-15(24)10-31-16(25)11-30-14-8-6-13(28-4)7-9-14/h6-9H,5,10-11H2,1-4H3,(H,22,26)(H,23,24). The van der Waals surface area contributed by atoms with E-state index in [1.54, 1.807) is 38.1 Å². The SMILES string of the molecule is CCOC(=O)c1c(NC(=O)COC(=O)COc2ccc(OC)cc2)sc(C(=O)NC)c1C. The molecular weight excluding hydrogens is 440 g/mol. The fourth-order valence-electron chi connectivity index (χ4n) is 2.55. The highest BCUT2D eigenvalue weighted by Crippen LogP contribution is 2.33. The van der Waals surface area contributed by atoms with Gasteiger partial charge in [-0.2, -0.15) is 0 Å². The number of thiophene rings is 1. The summed E-state index contributed by atoms with van der Waals surface area (Å²) in [5.74, 6) is -1.44. The Bertz CT molecular complexity index is 984. The van der Waals surface area contributed by atoms with E-state index in [-0.39, 0.29) is 22.0 Å². The number of carbonyl (C=O) groups is 4. The Kier molecular flexibility index (Phi) is 9.02. The summed E-state index contributed by atoms with van der Waals surface area (Å²) in [7, 11) is 2.99. The molecule has 2 aromatic rings. The molecule has 10 nitrogen and oxygen atoms in total. The molecule has 2 N–H and O–H groups in total. The summed E-state index contributed by atoms with van der Waals surface area (Å²) >= 11 is 0.926. The molecule has 1 heterocycles. The van der Waals surface area contributed by atoms with Gasteiger partial charge >= 0.3 is 11.9 Å². The first-order valence-electron chi connectivity index (χ1n) is 9.55. The van der Waals surface area contributed by atoms with E-state index in [1.165, 1.54) is 14.2 Å². The highest BCUT2D eigenvalue weighted by atomic mass is 32.1. The minimum absolute atomic E-state index is 0.0814. The number of rotatable bonds is 10. The zero-order valence-corrected chi connectivity index (χ0v) is 18.9. The van der Waals surface area contributed by atoms with Crippen LogP contribution in [0.2, 0.25) is 0 Å². The Labute approximate surface area is 188 Å². The van der Waals surface area contributed by atoms with E-state index in [2.05, 4.69) is 10.6 Å². The van der Waals surface area contributed by atoms with Crippen LogP contribution in [0, 0.1) is 6.92 Å². The van der Waals surface area contributed by atoms with Crippen molar-refractivity contribution in [3.63, 3.8) is 0 Å². The van der Waals surface area contributed by atoms with Crippen molar-refractivity contribution in [2.75, 3.05) is 39.3 Å². The maximum atomic E-state index is 12.3. The van der Waals surface area contributed by atoms with Gasteiger partial charge < -0.3 is 29.6 Å². The molecule has 0 saturated carbocycles. The number of nitrogens with one attached hydrogen (secondary N) is 2. The van der Waals surface area contributed by atoms with E-state index in [4.69, 9.17) is 18.9 Å². The number of anilines is 1. The van der Waals surface area contributed by atoms with Gasteiger partial charge in [-0.15, -0.1) is 11.3 Å². The van der Waals surface area contributed by atoms with Gasteiger partial charge in [-0.3, -0.25) is 9.59 Å². The normalized spacial score (nSPS) is 10.1. The third-order valence-electron chi connectivity index (χ3n) is 4.09. The number of methoxy groups -OCH3 is 1. The van der Waals surface area contributed by atoms with Gasteiger partial charge in [-0.1, -0.05) is 0 Å². The van der Waals surface area contributed by atoms with Crippen molar-refractivity contribution >= 4 is 40.1 Å². The van der Waals surface area contributed by atoms with E-state index in [0.717, 1.165) is 11.3 Å². The first-order valence-corrected chi connectivity index (χ1v) is 10.4. The number of hydrogen-bond acceptors (Lipinski definition) is 9. The summed E-state index contributed by atoms with van der Waals surface area (Å²) in [5, 5.41) is 5.11. The van der Waals surface area contributed by atoms with Gasteiger partial charge in [-0.25, -0.2) is 9.59 Å². The first-order chi connectivity index (χ1) is 15.3. The molecule has 0 aliphatic rings. The van der Waals surface area contributed by atoms with E-state index in [0.29, 0.717) is 17.1 Å². The van der Waals surface area contributed by atoms with Crippen LogP contribution in [-0.2, 0) is 19.1 Å². The van der Waals surface area contributed by atoms with Crippen LogP contribution in [0.5, 0.6) is 11.5 Å². The van der Waals surface area contributed by atoms with Crippen molar-refractivity contribution in [1.82, 2.24) is 5.32 Å². The minimum Gasteiger partial charge on any atom is -0.497 e. The second-order valence-electron chi connectivity index (χ2n) is 6.23. The number of hydrogen-bond donors (Lipinski definition) is 2. The van der Waals surface area contributed by atoms with Crippen LogP contribution in [0.25, 0.3) is 0 Å². The molecule has 0 radical (unpaired) electrons. The van der Waals surface area contributed by atoms with Crippen molar-refractivity contribution < 1.29 is 38.1 Å². The highest BCUT2D eigenvalue weighted by Gasteiger charge is 2.26. The number of carbonyl (C=O) groups excluding carboxylic acids is 4. The summed E-state index contributed by atoms with van der Waals surface area (Å²) in [6.07, 6.45) is 0. The summed E-state index contributed by atoms with van der Waals surface area (Å²) in [5.41, 5.74) is 0.464. The predicted octanol–water partition coefficient (Wildman–Crippen LogP) is 2.16. The van der Waals surface area contributed by atoms with Crippen LogP contribution >= 0.6 is 11.3 Å². The lowest BCUT2D eigenvalue weighted by Crippen LogP contribution is -2.24. The first kappa shape index (κ1) is 24.7. The van der Waals surface area contributed by atoms with Gasteiger partial charge in [0.2, 0.25) is 0 Å². The Hall–Kier alpha value is -3.60. The second kappa shape index (κ2) is 11.7. The highest BCUT2D eigenvalue weighted by molar-refractivity contribution is 7.18. The molecule has 32 heavy (non-hydrogen) atoms. The van der Waals surface area contributed by atoms with Crippen molar-refractivity contribution in [2.45, 2.75) is 13.8 Å². The maximum absolute atomic E-state index is 12.3. The second-order valence-corrected chi connectivity index (χ2v) is 7.25. The van der Waals surface area contributed by atoms with Gasteiger partial charge in [-0.05, 0) is 43.7 Å². The molecule has 0 spiro atoms. The van der Waals surface area contributed by atoms with Gasteiger partial charge in [0.05, 0.1) is 24.2 Å². The van der Waals surface area contributed by atoms with Crippen molar-refractivity contribution in [1.29, 1.82) is 0 Å². The molecule has 11 heteroatoms. The molecule has 1 aromatic carbocycles. The molecule has 0 fully saturated rings. The Morgan fingerprint density at radius 2 is 1.66 bits per heavy atom. The van der Waals surface area contributed by atoms with Gasteiger partial charge in [0, 0.05) is 7.05 Å². The van der Waals surface area contributed by atoms with Crippen molar-refractivity contribution in [3.8, 4) is 11.5 Å². The van der Waals surface area contributed by atoms with Crippen LogP contribution < -0.4 is 20.1 Å². The lowest BCUT2D eigenvalue weighted by molar-refractivity contribution is -0.149. The number of amides is 2. The maximum Gasteiger partial charge on any atom is 0.344 e. The monoisotopic (exact) mass is 464 g/mol. The fraction of sp³-hybridized carbons (Fsp3) is 0.333. The van der Waals surface area contributed by atoms with Crippen molar-refractivity contribution in [3.05, 3.63) is 40.3 Å². The summed E-state index contributed by atoms with van der Waals surface area (Å²) in [6, 6.07) is 6.59. The lowest BCUT2D eigenvalue weighted by Gasteiger charge is -2.09. The average Bonchev–Trinajstić information content (AvgIpc) is 3.11. The Morgan fingerprint density at radius 1 is 1.00 bits per heavy atom. The van der Waals surface area contributed by atoms with E-state index >= 15 is 0 Å². The van der Waals surface area contributed by atoms with E-state index < -0.39 is 37.0 Å². The zero-order chi connectivity index (χ0) is 23.7. The van der Waals surface area contributed by atoms with Crippen LogP contribution in [0.1, 0.15) is 32.5 Å². The molecule has 172 valence electrons. The molecule has 0 aliphatic heterocycles. The molecule has 1 aromatic heterocycles. The van der Waals surface area contributed by atoms with Crippen molar-refractivity contribution in [2.24, 2.45) is 0 Å². The van der Waals surface area contributed by atoms with E-state index in [9.17, 15) is 19.2 Å². The third kappa shape index (κ3) is 6.45. The van der Waals surface area contributed by atoms with Gasteiger partial charge in [0.25, 0.3) is 11.8 Å². The smallest absolute Gasteiger partial charge is 0.344 e. The summed E-state index contributed by atoms with van der Waals surface area (Å²) < 4.78 is 20.2. The average molecular weight is 464 g/mol. The number of esters is 2. The van der Waals surface area contributed by atoms with Crippen LogP contribution in [-0.4, -0.2) is 57.7 Å². The fourth-order valence-corrected chi connectivity index (χ4v) is 3.70. The topological polar surface area (TPSA) is 129 Å². The van der Waals surface area contributed by atoms with Crippen LogP contribution in [0.15, 0.2) is 24.3 Å². The zero-order valence-electron chi connectivity index (χ0n) is 18.1. The van der Waals surface area contributed by atoms with E-state index in [1.807, 2.05) is 0 Å². The molecule has 0 aliphatic carbocycles. The minimum atomic E-state index is -0.755. The Morgan fingerprint density at radius 3 is 2.25 bits per heavy atom. The van der Waals surface area contributed by atoms with Crippen LogP contribution in [0.4, 0.5) is 5.00 Å². The van der Waals surface area contributed by atoms with Crippen LogP contribution in [0.3, 0.4) is 0 Å². The van der Waals surface area contributed by atoms with Gasteiger partial charge in [0.15, 0.2) is 13.2 Å². The molecule has 0 atom stereocenters. The predicted molar refractivity (Wildman–Crippen MR) is 116 cm³/mol. The third-order valence-corrected chi connectivity index (χ3v) is 5.30. The quantitative estimate of drug-likeness (QED) is 0.512. The molecule has 0 saturated heterocycles. The molecule has 0 bridgehead atoms. The molecule has 2 rings (SSSR count).